The lowest BCUT2D eigenvalue weighted by molar-refractivity contribution is -0.167. The van der Waals surface area contributed by atoms with Gasteiger partial charge in [0, 0.05) is 19.3 Å². The highest BCUT2D eigenvalue weighted by Gasteiger charge is 2.19. The molecule has 1 atom stereocenters. The number of allylic oxidation sites excluding steroid dienone is 4. The number of hydrogen-bond donors (Lipinski definition) is 0. The average molecular weight is 1110 g/mol. The highest BCUT2D eigenvalue weighted by molar-refractivity contribution is 5.71. The predicted molar refractivity (Wildman–Crippen MR) is 344 cm³/mol. The van der Waals surface area contributed by atoms with Crippen LogP contribution >= 0.6 is 0 Å². The second-order valence-corrected chi connectivity index (χ2v) is 24.5. The summed E-state index contributed by atoms with van der Waals surface area (Å²) < 4.78 is 17.0. The number of carbonyl (C=O) groups excluding carboxylic acids is 3. The summed E-state index contributed by atoms with van der Waals surface area (Å²) in [6, 6.07) is 0. The zero-order chi connectivity index (χ0) is 57.1. The van der Waals surface area contributed by atoms with Gasteiger partial charge < -0.3 is 14.2 Å². The first-order valence-electron chi connectivity index (χ1n) is 35.8. The Hall–Kier alpha value is -2.11. The van der Waals surface area contributed by atoms with Gasteiger partial charge in [-0.1, -0.05) is 360 Å². The number of unbranched alkanes of at least 4 members (excludes halogenated alkanes) is 52. The lowest BCUT2D eigenvalue weighted by Crippen LogP contribution is -2.30. The minimum Gasteiger partial charge on any atom is -0.462 e. The van der Waals surface area contributed by atoms with Crippen LogP contribution in [-0.4, -0.2) is 37.2 Å². The number of carbonyl (C=O) groups is 3. The van der Waals surface area contributed by atoms with Crippen molar-refractivity contribution in [3.05, 3.63) is 24.3 Å². The van der Waals surface area contributed by atoms with Crippen molar-refractivity contribution in [1.29, 1.82) is 0 Å². The monoisotopic (exact) mass is 1110 g/mol. The van der Waals surface area contributed by atoms with Crippen LogP contribution in [0.15, 0.2) is 24.3 Å². The number of rotatable bonds is 67. The van der Waals surface area contributed by atoms with E-state index < -0.39 is 6.10 Å². The average Bonchev–Trinajstić information content (AvgIpc) is 3.45. The minimum absolute atomic E-state index is 0.0692. The number of hydrogen-bond acceptors (Lipinski definition) is 6. The molecule has 79 heavy (non-hydrogen) atoms. The summed E-state index contributed by atoms with van der Waals surface area (Å²) in [5.74, 6) is -0.850. The molecule has 0 rings (SSSR count). The van der Waals surface area contributed by atoms with E-state index in [1.807, 2.05) is 0 Å². The largest absolute Gasteiger partial charge is 0.462 e. The molecule has 0 fully saturated rings. The van der Waals surface area contributed by atoms with E-state index in [0.29, 0.717) is 19.3 Å². The smallest absolute Gasteiger partial charge is 0.306 e. The molecule has 0 saturated carbocycles. The van der Waals surface area contributed by atoms with Gasteiger partial charge in [0.05, 0.1) is 0 Å². The van der Waals surface area contributed by atoms with Crippen molar-refractivity contribution in [3.8, 4) is 0 Å². The molecule has 1 unspecified atom stereocenters. The van der Waals surface area contributed by atoms with Gasteiger partial charge in [0.25, 0.3) is 0 Å². The van der Waals surface area contributed by atoms with Crippen LogP contribution in [0.5, 0.6) is 0 Å². The summed E-state index contributed by atoms with van der Waals surface area (Å²) in [4.78, 5) is 38.4. The Morgan fingerprint density at radius 3 is 0.709 bits per heavy atom. The molecule has 0 aromatic rings. The molecular weight excluding hydrogens is 973 g/mol. The molecular formula is C73H138O6. The Bertz CT molecular complexity index is 1270. The maximum atomic E-state index is 12.9. The van der Waals surface area contributed by atoms with E-state index in [4.69, 9.17) is 14.2 Å². The van der Waals surface area contributed by atoms with Crippen molar-refractivity contribution < 1.29 is 28.6 Å². The third-order valence-electron chi connectivity index (χ3n) is 16.5. The first-order chi connectivity index (χ1) is 39.0. The van der Waals surface area contributed by atoms with Gasteiger partial charge in [-0.3, -0.25) is 14.4 Å². The first kappa shape index (κ1) is 76.9. The Labute approximate surface area is 493 Å². The van der Waals surface area contributed by atoms with E-state index in [-0.39, 0.29) is 31.1 Å². The third kappa shape index (κ3) is 66.6. The van der Waals surface area contributed by atoms with Gasteiger partial charge in [-0.15, -0.1) is 0 Å². The maximum absolute atomic E-state index is 12.9. The SMILES string of the molecule is CCCCCC/C=C\C/C=C\CCCCCCCC(=O)OCC(COC(=O)CCCCCCCCCCCCCCCCCCCCCCCCCCCCCC)OC(=O)CCCCCCCCCCCCCCCCCCC. The fourth-order valence-electron chi connectivity index (χ4n) is 11.1. The fraction of sp³-hybridized carbons (Fsp3) is 0.904. The molecule has 6 nitrogen and oxygen atoms in total. The van der Waals surface area contributed by atoms with E-state index in [2.05, 4.69) is 45.1 Å². The van der Waals surface area contributed by atoms with Crippen LogP contribution in [0.25, 0.3) is 0 Å². The third-order valence-corrected chi connectivity index (χ3v) is 16.5. The second-order valence-electron chi connectivity index (χ2n) is 24.5. The second kappa shape index (κ2) is 68.4. The molecule has 466 valence electrons. The van der Waals surface area contributed by atoms with E-state index in [1.165, 1.54) is 289 Å². The molecule has 0 heterocycles. The van der Waals surface area contributed by atoms with Gasteiger partial charge in [-0.2, -0.15) is 0 Å². The van der Waals surface area contributed by atoms with E-state index in [0.717, 1.165) is 77.0 Å². The molecule has 0 aliphatic heterocycles. The molecule has 0 aromatic heterocycles. The van der Waals surface area contributed by atoms with Crippen molar-refractivity contribution in [2.45, 2.75) is 412 Å². The van der Waals surface area contributed by atoms with Gasteiger partial charge in [-0.25, -0.2) is 0 Å². The number of esters is 3. The normalized spacial score (nSPS) is 12.1. The van der Waals surface area contributed by atoms with Gasteiger partial charge in [0.2, 0.25) is 0 Å². The lowest BCUT2D eigenvalue weighted by atomic mass is 10.0. The molecule has 0 aromatic carbocycles. The van der Waals surface area contributed by atoms with Crippen LogP contribution in [0, 0.1) is 0 Å². The van der Waals surface area contributed by atoms with Crippen LogP contribution in [-0.2, 0) is 28.6 Å². The summed E-state index contributed by atoms with van der Waals surface area (Å²) >= 11 is 0. The molecule has 0 aliphatic rings. The highest BCUT2D eigenvalue weighted by atomic mass is 16.6. The van der Waals surface area contributed by atoms with Crippen LogP contribution in [0.4, 0.5) is 0 Å². The lowest BCUT2D eigenvalue weighted by Gasteiger charge is -2.18. The Morgan fingerprint density at radius 2 is 0.456 bits per heavy atom. The first-order valence-corrected chi connectivity index (χ1v) is 35.8. The molecule has 0 saturated heterocycles. The molecule has 0 radical (unpaired) electrons. The number of ether oxygens (including phenoxy) is 3. The Kier molecular flexibility index (Phi) is 66.6. The van der Waals surface area contributed by atoms with Crippen LogP contribution in [0.3, 0.4) is 0 Å². The van der Waals surface area contributed by atoms with Crippen molar-refractivity contribution in [2.24, 2.45) is 0 Å². The van der Waals surface area contributed by atoms with Gasteiger partial charge >= 0.3 is 17.9 Å². The van der Waals surface area contributed by atoms with Crippen molar-refractivity contribution >= 4 is 17.9 Å². The van der Waals surface area contributed by atoms with E-state index in [1.54, 1.807) is 0 Å². The zero-order valence-electron chi connectivity index (χ0n) is 53.7. The molecule has 6 heteroatoms. The zero-order valence-corrected chi connectivity index (χ0v) is 53.7. The maximum Gasteiger partial charge on any atom is 0.306 e. The summed E-state index contributed by atoms with van der Waals surface area (Å²) in [5.41, 5.74) is 0. The molecule has 0 bridgehead atoms. The van der Waals surface area contributed by atoms with Gasteiger partial charge in [0.15, 0.2) is 6.10 Å². The topological polar surface area (TPSA) is 78.9 Å². The summed E-state index contributed by atoms with van der Waals surface area (Å²) in [7, 11) is 0. The quantitative estimate of drug-likeness (QED) is 0.0261. The fourth-order valence-corrected chi connectivity index (χ4v) is 11.1. The van der Waals surface area contributed by atoms with Crippen molar-refractivity contribution in [1.82, 2.24) is 0 Å². The minimum atomic E-state index is -0.774. The predicted octanol–water partition coefficient (Wildman–Crippen LogP) is 24.6. The standard InChI is InChI=1S/C73H138O6/c1-4-7-10-13-16-19-22-25-28-31-32-33-34-35-36-37-38-39-40-41-43-45-48-51-54-57-60-63-66-72(75)78-69-70(68-77-71(74)65-62-59-56-53-50-47-44-30-27-24-21-18-15-12-9-6-3)79-73(76)67-64-61-58-55-52-49-46-42-29-26-23-20-17-14-11-8-5-2/h21,24,30,44,70H,4-20,22-23,25-29,31-43,45-69H2,1-3H3/b24-21-,44-30-. The van der Waals surface area contributed by atoms with Crippen LogP contribution < -0.4 is 0 Å². The van der Waals surface area contributed by atoms with E-state index >= 15 is 0 Å². The van der Waals surface area contributed by atoms with Crippen LogP contribution in [0.1, 0.15) is 406 Å². The van der Waals surface area contributed by atoms with Crippen molar-refractivity contribution in [3.63, 3.8) is 0 Å². The summed E-state index contributed by atoms with van der Waals surface area (Å²) in [5, 5.41) is 0. The summed E-state index contributed by atoms with van der Waals surface area (Å²) in [6.07, 6.45) is 83.6. The molecule has 0 amide bonds. The van der Waals surface area contributed by atoms with Crippen LogP contribution in [0.2, 0.25) is 0 Å². The van der Waals surface area contributed by atoms with E-state index in [9.17, 15) is 14.4 Å². The van der Waals surface area contributed by atoms with Gasteiger partial charge in [0.1, 0.15) is 13.2 Å². The Balaban J connectivity index is 4.21. The molecule has 0 aliphatic carbocycles. The van der Waals surface area contributed by atoms with Gasteiger partial charge in [-0.05, 0) is 51.4 Å². The molecule has 0 spiro atoms. The Morgan fingerprint density at radius 1 is 0.253 bits per heavy atom. The highest BCUT2D eigenvalue weighted by Crippen LogP contribution is 2.19. The van der Waals surface area contributed by atoms with Crippen molar-refractivity contribution in [2.75, 3.05) is 13.2 Å². The molecule has 0 N–H and O–H groups in total. The summed E-state index contributed by atoms with van der Waals surface area (Å²) in [6.45, 7) is 6.70.